The highest BCUT2D eigenvalue weighted by atomic mass is 79.9. The van der Waals surface area contributed by atoms with Crippen LogP contribution in [0.5, 0.6) is 0 Å². The average molecular weight is 264 g/mol. The Balaban J connectivity index is 2.48. The Kier molecular flexibility index (Phi) is 2.39. The van der Waals surface area contributed by atoms with Crippen LogP contribution in [0.25, 0.3) is 5.69 Å². The number of nitrogens with zero attached hydrogens (tertiary/aromatic N) is 4. The van der Waals surface area contributed by atoms with Crippen LogP contribution < -0.4 is 5.73 Å². The molecule has 0 saturated carbocycles. The van der Waals surface area contributed by atoms with E-state index < -0.39 is 0 Å². The molecular formula is C9H6BrN5. The van der Waals surface area contributed by atoms with Crippen molar-refractivity contribution < 1.29 is 0 Å². The molecule has 1 heterocycles. The van der Waals surface area contributed by atoms with Crippen LogP contribution in [0.2, 0.25) is 0 Å². The fraction of sp³-hybridized carbons (Fsp3) is 0. The fourth-order valence-corrected chi connectivity index (χ4v) is 1.59. The highest BCUT2D eigenvalue weighted by Gasteiger charge is 2.03. The molecule has 5 nitrogen and oxygen atoms in total. The summed E-state index contributed by atoms with van der Waals surface area (Å²) in [6.07, 6.45) is 1.52. The standard InChI is InChI=1S/C9H6BrN5/c10-8-3-7(2-1-6(8)4-11)15-5-13-9(12)14-15/h1-3,5H,(H2,12,14). The van der Waals surface area contributed by atoms with Crippen molar-refractivity contribution in [1.29, 1.82) is 5.26 Å². The molecule has 0 fully saturated rings. The second-order valence-corrected chi connectivity index (χ2v) is 3.68. The number of hydrogen-bond acceptors (Lipinski definition) is 4. The van der Waals surface area contributed by atoms with Crippen LogP contribution in [-0.2, 0) is 0 Å². The van der Waals surface area contributed by atoms with Crippen LogP contribution in [0.4, 0.5) is 5.95 Å². The van der Waals surface area contributed by atoms with Crippen LogP contribution in [0.1, 0.15) is 5.56 Å². The topological polar surface area (TPSA) is 80.5 Å². The normalized spacial score (nSPS) is 9.87. The quantitative estimate of drug-likeness (QED) is 0.845. The van der Waals surface area contributed by atoms with Gasteiger partial charge in [0.2, 0.25) is 5.95 Å². The van der Waals surface area contributed by atoms with Gasteiger partial charge >= 0.3 is 0 Å². The molecule has 0 spiro atoms. The maximum absolute atomic E-state index is 8.75. The van der Waals surface area contributed by atoms with E-state index >= 15 is 0 Å². The van der Waals surface area contributed by atoms with Gasteiger partial charge in [0, 0.05) is 4.47 Å². The van der Waals surface area contributed by atoms with Gasteiger partial charge < -0.3 is 5.73 Å². The van der Waals surface area contributed by atoms with E-state index in [-0.39, 0.29) is 5.95 Å². The largest absolute Gasteiger partial charge is 0.366 e. The van der Waals surface area contributed by atoms with E-state index in [0.717, 1.165) is 10.2 Å². The summed E-state index contributed by atoms with van der Waals surface area (Å²) in [5.41, 5.74) is 6.78. The average Bonchev–Trinajstić information content (AvgIpc) is 2.65. The summed E-state index contributed by atoms with van der Waals surface area (Å²) in [5.74, 6) is 0.218. The summed E-state index contributed by atoms with van der Waals surface area (Å²) in [7, 11) is 0. The van der Waals surface area contributed by atoms with Gasteiger partial charge in [-0.2, -0.15) is 5.26 Å². The summed E-state index contributed by atoms with van der Waals surface area (Å²) >= 11 is 3.30. The second-order valence-electron chi connectivity index (χ2n) is 2.82. The Labute approximate surface area is 94.3 Å². The van der Waals surface area contributed by atoms with E-state index in [1.807, 2.05) is 0 Å². The van der Waals surface area contributed by atoms with Crippen molar-refractivity contribution in [3.63, 3.8) is 0 Å². The van der Waals surface area contributed by atoms with Crippen LogP contribution in [0.3, 0.4) is 0 Å². The Bertz CT molecular complexity index is 540. The van der Waals surface area contributed by atoms with Gasteiger partial charge in [0.1, 0.15) is 12.4 Å². The first kappa shape index (κ1) is 9.68. The van der Waals surface area contributed by atoms with E-state index in [1.165, 1.54) is 6.33 Å². The molecule has 2 N–H and O–H groups in total. The lowest BCUT2D eigenvalue weighted by atomic mass is 10.2. The molecule has 0 bridgehead atoms. The van der Waals surface area contributed by atoms with Crippen molar-refractivity contribution in [1.82, 2.24) is 14.8 Å². The number of benzene rings is 1. The monoisotopic (exact) mass is 263 g/mol. The molecule has 74 valence electrons. The summed E-state index contributed by atoms with van der Waals surface area (Å²) in [6.45, 7) is 0. The highest BCUT2D eigenvalue weighted by Crippen LogP contribution is 2.19. The zero-order valence-corrected chi connectivity index (χ0v) is 9.14. The third kappa shape index (κ3) is 1.82. The fourth-order valence-electron chi connectivity index (χ4n) is 1.14. The van der Waals surface area contributed by atoms with E-state index in [9.17, 15) is 0 Å². The Morgan fingerprint density at radius 1 is 1.47 bits per heavy atom. The molecule has 1 aromatic heterocycles. The summed E-state index contributed by atoms with van der Waals surface area (Å²) < 4.78 is 2.26. The predicted molar refractivity (Wildman–Crippen MR) is 58.2 cm³/mol. The number of rotatable bonds is 1. The van der Waals surface area contributed by atoms with Crippen LogP contribution >= 0.6 is 15.9 Å². The summed E-state index contributed by atoms with van der Waals surface area (Å²) in [4.78, 5) is 3.81. The van der Waals surface area contributed by atoms with Crippen molar-refractivity contribution in [2.45, 2.75) is 0 Å². The number of hydrogen-bond donors (Lipinski definition) is 1. The van der Waals surface area contributed by atoms with E-state index in [1.54, 1.807) is 22.9 Å². The number of nitriles is 1. The molecular weight excluding hydrogens is 258 g/mol. The summed E-state index contributed by atoms with van der Waals surface area (Å²) in [6, 6.07) is 7.33. The van der Waals surface area contributed by atoms with E-state index in [0.29, 0.717) is 5.56 Å². The van der Waals surface area contributed by atoms with Crippen molar-refractivity contribution in [3.05, 3.63) is 34.6 Å². The number of anilines is 1. The minimum absolute atomic E-state index is 0.218. The maximum atomic E-state index is 8.75. The first-order chi connectivity index (χ1) is 7.20. The van der Waals surface area contributed by atoms with Gasteiger partial charge in [0.15, 0.2) is 0 Å². The molecule has 0 aliphatic rings. The molecule has 0 saturated heterocycles. The Morgan fingerprint density at radius 2 is 2.27 bits per heavy atom. The Hall–Kier alpha value is -1.87. The van der Waals surface area contributed by atoms with Crippen molar-refractivity contribution in [3.8, 4) is 11.8 Å². The van der Waals surface area contributed by atoms with E-state index in [4.69, 9.17) is 11.0 Å². The molecule has 0 aliphatic heterocycles. The minimum Gasteiger partial charge on any atom is -0.366 e. The minimum atomic E-state index is 0.218. The van der Waals surface area contributed by atoms with Crippen molar-refractivity contribution in [2.75, 3.05) is 5.73 Å². The molecule has 0 aliphatic carbocycles. The third-order valence-electron chi connectivity index (χ3n) is 1.85. The molecule has 0 atom stereocenters. The zero-order chi connectivity index (χ0) is 10.8. The Morgan fingerprint density at radius 3 is 2.80 bits per heavy atom. The number of nitrogens with two attached hydrogens (primary N) is 1. The number of halogens is 1. The van der Waals surface area contributed by atoms with E-state index in [2.05, 4.69) is 32.1 Å². The highest BCUT2D eigenvalue weighted by molar-refractivity contribution is 9.10. The summed E-state index contributed by atoms with van der Waals surface area (Å²) in [5, 5.41) is 12.7. The molecule has 0 amide bonds. The molecule has 0 unspecified atom stereocenters. The van der Waals surface area contributed by atoms with Crippen LogP contribution in [-0.4, -0.2) is 14.8 Å². The third-order valence-corrected chi connectivity index (χ3v) is 2.50. The zero-order valence-electron chi connectivity index (χ0n) is 7.55. The lowest BCUT2D eigenvalue weighted by molar-refractivity contribution is 0.882. The number of nitrogen functional groups attached to an aromatic ring is 1. The molecule has 0 radical (unpaired) electrons. The lowest BCUT2D eigenvalue weighted by Crippen LogP contribution is -1.96. The molecule has 15 heavy (non-hydrogen) atoms. The van der Waals surface area contributed by atoms with Gasteiger partial charge in [-0.25, -0.2) is 9.67 Å². The van der Waals surface area contributed by atoms with Gasteiger partial charge in [-0.1, -0.05) is 0 Å². The molecule has 2 rings (SSSR count). The van der Waals surface area contributed by atoms with Crippen molar-refractivity contribution in [2.24, 2.45) is 0 Å². The SMILES string of the molecule is N#Cc1ccc(-n2cnc(N)n2)cc1Br. The lowest BCUT2D eigenvalue weighted by Gasteiger charge is -2.01. The number of aromatic nitrogens is 3. The maximum Gasteiger partial charge on any atom is 0.239 e. The predicted octanol–water partition coefficient (Wildman–Crippen LogP) is 1.48. The first-order valence-corrected chi connectivity index (χ1v) is 4.87. The molecule has 6 heteroatoms. The van der Waals surface area contributed by atoms with Gasteiger partial charge in [-0.15, -0.1) is 5.10 Å². The molecule has 2 aromatic rings. The smallest absolute Gasteiger partial charge is 0.239 e. The van der Waals surface area contributed by atoms with Gasteiger partial charge in [0.25, 0.3) is 0 Å². The van der Waals surface area contributed by atoms with Crippen LogP contribution in [0, 0.1) is 11.3 Å². The van der Waals surface area contributed by atoms with Crippen LogP contribution in [0.15, 0.2) is 29.0 Å². The second kappa shape index (κ2) is 3.71. The van der Waals surface area contributed by atoms with Crippen molar-refractivity contribution >= 4 is 21.9 Å². The molecule has 1 aromatic carbocycles. The van der Waals surface area contributed by atoms with Gasteiger partial charge in [0.05, 0.1) is 11.3 Å². The van der Waals surface area contributed by atoms with Gasteiger partial charge in [-0.05, 0) is 34.1 Å². The van der Waals surface area contributed by atoms with Gasteiger partial charge in [-0.3, -0.25) is 0 Å². The first-order valence-electron chi connectivity index (χ1n) is 4.08.